The third-order valence-corrected chi connectivity index (χ3v) is 5.25. The maximum Gasteiger partial charge on any atom is 0.227 e. The number of para-hydroxylation sites is 1. The minimum atomic E-state index is -0.0918. The quantitative estimate of drug-likeness (QED) is 0.860. The van der Waals surface area contributed by atoms with Crippen molar-refractivity contribution in [2.45, 2.75) is 32.2 Å². The second-order valence-electron chi connectivity index (χ2n) is 7.34. The van der Waals surface area contributed by atoms with Crippen molar-refractivity contribution in [1.82, 2.24) is 9.80 Å². The molecule has 0 bridgehead atoms. The predicted octanol–water partition coefficient (Wildman–Crippen LogP) is 3.04. The molecule has 1 unspecified atom stereocenters. The molecule has 1 saturated heterocycles. The van der Waals surface area contributed by atoms with Gasteiger partial charge in [-0.1, -0.05) is 18.2 Å². The SMILES string of the molecule is CN(Cc1cc2ccccc2o1)C(=O)C1CCCN(C(=O)C2CC2)C1. The van der Waals surface area contributed by atoms with E-state index in [2.05, 4.69) is 0 Å². The lowest BCUT2D eigenvalue weighted by molar-refractivity contribution is -0.141. The molecule has 132 valence electrons. The van der Waals surface area contributed by atoms with Crippen molar-refractivity contribution < 1.29 is 14.0 Å². The lowest BCUT2D eigenvalue weighted by atomic mass is 9.96. The van der Waals surface area contributed by atoms with Crippen molar-refractivity contribution in [3.05, 3.63) is 36.1 Å². The Bertz CT molecular complexity index is 760. The van der Waals surface area contributed by atoms with Gasteiger partial charge in [-0.15, -0.1) is 0 Å². The van der Waals surface area contributed by atoms with Gasteiger partial charge in [0, 0.05) is 31.4 Å². The molecule has 2 amide bonds. The molecule has 2 aliphatic rings. The second kappa shape index (κ2) is 6.54. The first-order valence-electron chi connectivity index (χ1n) is 9.13. The van der Waals surface area contributed by atoms with E-state index in [0.717, 1.165) is 49.0 Å². The lowest BCUT2D eigenvalue weighted by Crippen LogP contribution is -2.46. The summed E-state index contributed by atoms with van der Waals surface area (Å²) in [5.74, 6) is 1.28. The van der Waals surface area contributed by atoms with Crippen LogP contribution in [0.25, 0.3) is 11.0 Å². The van der Waals surface area contributed by atoms with Gasteiger partial charge in [-0.3, -0.25) is 9.59 Å². The third-order valence-electron chi connectivity index (χ3n) is 5.25. The Labute approximate surface area is 147 Å². The van der Waals surface area contributed by atoms with Crippen molar-refractivity contribution in [1.29, 1.82) is 0 Å². The largest absolute Gasteiger partial charge is 0.459 e. The van der Waals surface area contributed by atoms with Crippen LogP contribution in [-0.4, -0.2) is 41.8 Å². The van der Waals surface area contributed by atoms with Gasteiger partial charge in [-0.25, -0.2) is 0 Å². The Hall–Kier alpha value is -2.30. The molecule has 5 nitrogen and oxygen atoms in total. The number of amides is 2. The summed E-state index contributed by atoms with van der Waals surface area (Å²) in [5.41, 5.74) is 0.845. The summed E-state index contributed by atoms with van der Waals surface area (Å²) in [4.78, 5) is 28.7. The fourth-order valence-corrected chi connectivity index (χ4v) is 3.71. The van der Waals surface area contributed by atoms with Crippen LogP contribution in [0.5, 0.6) is 0 Å². The number of rotatable bonds is 4. The summed E-state index contributed by atoms with van der Waals surface area (Å²) in [6.07, 6.45) is 3.80. The Morgan fingerprint density at radius 1 is 1.20 bits per heavy atom. The van der Waals surface area contributed by atoms with Gasteiger partial charge in [-0.2, -0.15) is 0 Å². The fourth-order valence-electron chi connectivity index (χ4n) is 3.71. The van der Waals surface area contributed by atoms with E-state index in [4.69, 9.17) is 4.42 Å². The molecule has 25 heavy (non-hydrogen) atoms. The lowest BCUT2D eigenvalue weighted by Gasteiger charge is -2.34. The van der Waals surface area contributed by atoms with Crippen LogP contribution in [0, 0.1) is 11.8 Å². The summed E-state index contributed by atoms with van der Waals surface area (Å²) in [6, 6.07) is 9.85. The first-order valence-corrected chi connectivity index (χ1v) is 9.13. The fraction of sp³-hybridized carbons (Fsp3) is 0.500. The Morgan fingerprint density at radius 3 is 2.76 bits per heavy atom. The van der Waals surface area contributed by atoms with E-state index in [0.29, 0.717) is 13.1 Å². The molecule has 2 heterocycles. The first-order chi connectivity index (χ1) is 12.1. The van der Waals surface area contributed by atoms with Crippen LogP contribution in [0.4, 0.5) is 0 Å². The van der Waals surface area contributed by atoms with E-state index < -0.39 is 0 Å². The van der Waals surface area contributed by atoms with Crippen LogP contribution in [0.3, 0.4) is 0 Å². The second-order valence-corrected chi connectivity index (χ2v) is 7.34. The standard InChI is InChI=1S/C20H24N2O3/c1-21(13-17-11-15-5-2-3-7-18(15)25-17)19(23)16-6-4-10-22(12-16)20(24)14-8-9-14/h2-3,5,7,11,14,16H,4,6,8-10,12-13H2,1H3. The summed E-state index contributed by atoms with van der Waals surface area (Å²) >= 11 is 0. The van der Waals surface area contributed by atoms with Crippen LogP contribution in [0.15, 0.2) is 34.7 Å². The number of fused-ring (bicyclic) bond motifs is 1. The van der Waals surface area contributed by atoms with Crippen LogP contribution < -0.4 is 0 Å². The number of benzene rings is 1. The maximum absolute atomic E-state index is 12.8. The average Bonchev–Trinajstić information content (AvgIpc) is 3.40. The van der Waals surface area contributed by atoms with E-state index >= 15 is 0 Å². The van der Waals surface area contributed by atoms with Crippen molar-refractivity contribution >= 4 is 22.8 Å². The van der Waals surface area contributed by atoms with E-state index in [1.165, 1.54) is 0 Å². The highest BCUT2D eigenvalue weighted by atomic mass is 16.3. The van der Waals surface area contributed by atoms with E-state index in [1.807, 2.05) is 42.3 Å². The Balaban J connectivity index is 1.39. The highest BCUT2D eigenvalue weighted by molar-refractivity contribution is 5.83. The molecular weight excluding hydrogens is 316 g/mol. The number of carbonyl (C=O) groups excluding carboxylic acids is 2. The Kier molecular flexibility index (Phi) is 4.24. The van der Waals surface area contributed by atoms with Gasteiger partial charge in [0.05, 0.1) is 12.5 Å². The third kappa shape index (κ3) is 3.41. The predicted molar refractivity (Wildman–Crippen MR) is 94.7 cm³/mol. The molecule has 1 aliphatic heterocycles. The number of nitrogens with zero attached hydrogens (tertiary/aromatic N) is 2. The van der Waals surface area contributed by atoms with Crippen LogP contribution in [0.1, 0.15) is 31.4 Å². The zero-order valence-electron chi connectivity index (χ0n) is 14.6. The molecule has 1 aromatic heterocycles. The van der Waals surface area contributed by atoms with E-state index in [-0.39, 0.29) is 23.7 Å². The minimum absolute atomic E-state index is 0.0918. The van der Waals surface area contributed by atoms with Crippen LogP contribution >= 0.6 is 0 Å². The molecule has 0 N–H and O–H groups in total. The molecule has 1 aliphatic carbocycles. The van der Waals surface area contributed by atoms with Gasteiger partial charge in [0.1, 0.15) is 11.3 Å². The molecule has 4 rings (SSSR count). The number of likely N-dealkylation sites (tertiary alicyclic amines) is 1. The van der Waals surface area contributed by atoms with Crippen LogP contribution in [0.2, 0.25) is 0 Å². The molecule has 0 radical (unpaired) electrons. The number of hydrogen-bond donors (Lipinski definition) is 0. The van der Waals surface area contributed by atoms with Crippen molar-refractivity contribution in [2.24, 2.45) is 11.8 Å². The molecule has 1 aromatic carbocycles. The van der Waals surface area contributed by atoms with Gasteiger partial charge in [0.15, 0.2) is 0 Å². The van der Waals surface area contributed by atoms with E-state index in [9.17, 15) is 9.59 Å². The van der Waals surface area contributed by atoms with Gasteiger partial charge in [0.2, 0.25) is 11.8 Å². The molecular formula is C20H24N2O3. The topological polar surface area (TPSA) is 53.8 Å². The summed E-state index contributed by atoms with van der Waals surface area (Å²) in [6.45, 7) is 1.83. The smallest absolute Gasteiger partial charge is 0.227 e. The number of furan rings is 1. The monoisotopic (exact) mass is 340 g/mol. The highest BCUT2D eigenvalue weighted by Crippen LogP contribution is 2.32. The minimum Gasteiger partial charge on any atom is -0.459 e. The molecule has 5 heteroatoms. The average molecular weight is 340 g/mol. The Morgan fingerprint density at radius 2 is 2.00 bits per heavy atom. The van der Waals surface area contributed by atoms with Crippen LogP contribution in [-0.2, 0) is 16.1 Å². The highest BCUT2D eigenvalue weighted by Gasteiger charge is 2.37. The first kappa shape index (κ1) is 16.2. The van der Waals surface area contributed by atoms with E-state index in [1.54, 1.807) is 4.90 Å². The van der Waals surface area contributed by atoms with Gasteiger partial charge in [0.25, 0.3) is 0 Å². The van der Waals surface area contributed by atoms with Gasteiger partial charge >= 0.3 is 0 Å². The normalized spacial score (nSPS) is 20.7. The van der Waals surface area contributed by atoms with Crippen molar-refractivity contribution in [3.63, 3.8) is 0 Å². The molecule has 2 fully saturated rings. The van der Waals surface area contributed by atoms with Gasteiger partial charge < -0.3 is 14.2 Å². The number of piperidine rings is 1. The zero-order valence-corrected chi connectivity index (χ0v) is 14.6. The van der Waals surface area contributed by atoms with Crippen molar-refractivity contribution in [3.8, 4) is 0 Å². The number of carbonyl (C=O) groups is 2. The van der Waals surface area contributed by atoms with Crippen molar-refractivity contribution in [2.75, 3.05) is 20.1 Å². The maximum atomic E-state index is 12.8. The summed E-state index contributed by atoms with van der Waals surface area (Å²) in [5, 5.41) is 1.05. The van der Waals surface area contributed by atoms with Gasteiger partial charge in [-0.05, 0) is 37.8 Å². The molecule has 1 atom stereocenters. The zero-order chi connectivity index (χ0) is 17.4. The molecule has 2 aromatic rings. The number of hydrogen-bond acceptors (Lipinski definition) is 3. The molecule has 1 saturated carbocycles. The molecule has 0 spiro atoms. The summed E-state index contributed by atoms with van der Waals surface area (Å²) < 4.78 is 5.82. The summed E-state index contributed by atoms with van der Waals surface area (Å²) in [7, 11) is 1.82.